The van der Waals surface area contributed by atoms with Gasteiger partial charge >= 0.3 is 0 Å². The van der Waals surface area contributed by atoms with Gasteiger partial charge in [0, 0.05) is 25.6 Å². The molecule has 0 radical (unpaired) electrons. The van der Waals surface area contributed by atoms with Crippen LogP contribution in [-0.4, -0.2) is 44.8 Å². The number of hydrogen-bond donors (Lipinski definition) is 1. The first kappa shape index (κ1) is 29.4. The molecule has 0 aromatic heterocycles. The highest BCUT2D eigenvalue weighted by Gasteiger charge is 2.34. The molecule has 1 atom stereocenters. The first-order valence-electron chi connectivity index (χ1n) is 12.8. The topological polar surface area (TPSA) is 86.8 Å². The summed E-state index contributed by atoms with van der Waals surface area (Å²) in [4.78, 5) is 28.2. The second kappa shape index (κ2) is 13.2. The van der Waals surface area contributed by atoms with Gasteiger partial charge in [0.15, 0.2) is 0 Å². The highest BCUT2D eigenvalue weighted by Crippen LogP contribution is 2.25. The Morgan fingerprint density at radius 1 is 0.805 bits per heavy atom. The largest absolute Gasteiger partial charge is 0.357 e. The van der Waals surface area contributed by atoms with Gasteiger partial charge in [-0.15, -0.1) is 0 Å². The number of nitrogens with zero attached hydrogens (tertiary/aromatic N) is 2. The molecule has 41 heavy (non-hydrogen) atoms. The molecule has 0 aliphatic carbocycles. The lowest BCUT2D eigenvalue weighted by Gasteiger charge is -2.33. The van der Waals surface area contributed by atoms with Gasteiger partial charge in [0.2, 0.25) is 11.8 Å². The molecule has 0 aliphatic rings. The Kier molecular flexibility index (Phi) is 9.46. The van der Waals surface area contributed by atoms with Crippen molar-refractivity contribution in [2.45, 2.75) is 23.9 Å². The summed E-state index contributed by atoms with van der Waals surface area (Å²) < 4.78 is 56.8. The van der Waals surface area contributed by atoms with Crippen LogP contribution in [0.15, 0.2) is 114 Å². The van der Waals surface area contributed by atoms with E-state index in [1.165, 1.54) is 42.3 Å². The van der Waals surface area contributed by atoms with E-state index in [9.17, 15) is 26.8 Å². The minimum atomic E-state index is -4.35. The summed E-state index contributed by atoms with van der Waals surface area (Å²) >= 11 is 0. The van der Waals surface area contributed by atoms with Gasteiger partial charge in [-0.1, -0.05) is 66.7 Å². The van der Waals surface area contributed by atoms with Crippen molar-refractivity contribution < 1.29 is 26.8 Å². The molecule has 0 aliphatic heterocycles. The van der Waals surface area contributed by atoms with Crippen LogP contribution in [0.1, 0.15) is 11.1 Å². The smallest absolute Gasteiger partial charge is 0.264 e. The molecule has 212 valence electrons. The van der Waals surface area contributed by atoms with Crippen LogP contribution in [0, 0.1) is 11.6 Å². The van der Waals surface area contributed by atoms with Crippen molar-refractivity contribution in [1.29, 1.82) is 0 Å². The summed E-state index contributed by atoms with van der Waals surface area (Å²) in [5.74, 6) is -2.41. The third-order valence-electron chi connectivity index (χ3n) is 6.54. The zero-order chi connectivity index (χ0) is 29.4. The number of rotatable bonds is 11. The molecule has 7 nitrogen and oxygen atoms in total. The van der Waals surface area contributed by atoms with E-state index < -0.39 is 46.1 Å². The Balaban J connectivity index is 1.78. The number of anilines is 1. The first-order valence-corrected chi connectivity index (χ1v) is 14.3. The van der Waals surface area contributed by atoms with Crippen LogP contribution in [0.3, 0.4) is 0 Å². The van der Waals surface area contributed by atoms with Crippen LogP contribution in [0.5, 0.6) is 0 Å². The number of likely N-dealkylation sites (N-methyl/N-ethyl adjacent to an activating group) is 1. The maximum atomic E-state index is 14.8. The van der Waals surface area contributed by atoms with E-state index >= 15 is 0 Å². The number of carbonyl (C=O) groups is 2. The molecule has 4 rings (SSSR count). The summed E-state index contributed by atoms with van der Waals surface area (Å²) in [7, 11) is -2.91. The number of amides is 2. The number of halogens is 2. The Hall–Kier alpha value is -4.57. The molecule has 0 heterocycles. The molecule has 0 saturated carbocycles. The quantitative estimate of drug-likeness (QED) is 0.284. The monoisotopic (exact) mass is 577 g/mol. The van der Waals surface area contributed by atoms with Crippen molar-refractivity contribution in [3.63, 3.8) is 0 Å². The summed E-state index contributed by atoms with van der Waals surface area (Å²) in [5, 5.41) is 2.57. The molecule has 4 aromatic carbocycles. The highest BCUT2D eigenvalue weighted by atomic mass is 32.2. The minimum Gasteiger partial charge on any atom is -0.357 e. The Bertz CT molecular complexity index is 1580. The van der Waals surface area contributed by atoms with Crippen molar-refractivity contribution in [1.82, 2.24) is 10.2 Å². The van der Waals surface area contributed by atoms with Crippen LogP contribution >= 0.6 is 0 Å². The average Bonchev–Trinajstić information content (AvgIpc) is 2.99. The summed E-state index contributed by atoms with van der Waals surface area (Å²) in [6, 6.07) is 26.1. The van der Waals surface area contributed by atoms with E-state index in [4.69, 9.17) is 0 Å². The van der Waals surface area contributed by atoms with E-state index in [1.807, 2.05) is 6.07 Å². The molecule has 0 bridgehead atoms. The normalized spacial score (nSPS) is 11.9. The fraction of sp³-hybridized carbons (Fsp3) is 0.161. The van der Waals surface area contributed by atoms with E-state index in [0.717, 1.165) is 34.1 Å². The molecular formula is C31H29F2N3O4S. The second-order valence-electron chi connectivity index (χ2n) is 9.23. The molecule has 1 N–H and O–H groups in total. The lowest BCUT2D eigenvalue weighted by atomic mass is 10.0. The molecule has 4 aromatic rings. The predicted molar refractivity (Wildman–Crippen MR) is 152 cm³/mol. The Morgan fingerprint density at radius 2 is 1.39 bits per heavy atom. The maximum Gasteiger partial charge on any atom is 0.264 e. The maximum absolute atomic E-state index is 14.8. The average molecular weight is 578 g/mol. The van der Waals surface area contributed by atoms with Gasteiger partial charge in [0.1, 0.15) is 24.2 Å². The molecule has 10 heteroatoms. The number of benzene rings is 4. The SMILES string of the molecule is CNC(=O)[C@H](Cc1ccccc1)N(Cc1ccccc1F)C(=O)CN(c1ccccc1)S(=O)(=O)c1ccc(F)cc1. The van der Waals surface area contributed by atoms with Gasteiger partial charge in [-0.2, -0.15) is 0 Å². The molecule has 0 saturated heterocycles. The van der Waals surface area contributed by atoms with E-state index in [0.29, 0.717) is 0 Å². The van der Waals surface area contributed by atoms with E-state index in [2.05, 4.69) is 5.32 Å². The van der Waals surface area contributed by atoms with Crippen LogP contribution in [0.2, 0.25) is 0 Å². The molecule has 0 spiro atoms. The number of sulfonamides is 1. The van der Waals surface area contributed by atoms with Crippen molar-refractivity contribution in [3.05, 3.63) is 132 Å². The van der Waals surface area contributed by atoms with Crippen molar-refractivity contribution in [2.24, 2.45) is 0 Å². The fourth-order valence-corrected chi connectivity index (χ4v) is 5.80. The van der Waals surface area contributed by atoms with Crippen molar-refractivity contribution in [2.75, 3.05) is 17.9 Å². The number of nitrogens with one attached hydrogen (secondary N) is 1. The summed E-state index contributed by atoms with van der Waals surface area (Å²) in [6.07, 6.45) is 0.108. The number of carbonyl (C=O) groups excluding carboxylic acids is 2. The zero-order valence-corrected chi connectivity index (χ0v) is 23.1. The third kappa shape index (κ3) is 7.15. The van der Waals surface area contributed by atoms with Gasteiger partial charge in [-0.05, 0) is 48.0 Å². The lowest BCUT2D eigenvalue weighted by Crippen LogP contribution is -2.53. The van der Waals surface area contributed by atoms with Crippen LogP contribution in [-0.2, 0) is 32.6 Å². The van der Waals surface area contributed by atoms with Crippen molar-refractivity contribution >= 4 is 27.5 Å². The standard InChI is InChI=1S/C31H29F2N3O4S/c1-34-31(38)29(20-23-10-4-2-5-11-23)35(21-24-12-8-9-15-28(24)33)30(37)22-36(26-13-6-3-7-14-26)41(39,40)27-18-16-25(32)17-19-27/h2-19,29H,20-22H2,1H3,(H,34,38)/t29-/m0/s1. The number of para-hydroxylation sites is 1. The Labute approximate surface area is 238 Å². The van der Waals surface area contributed by atoms with Gasteiger partial charge in [0.25, 0.3) is 10.0 Å². The van der Waals surface area contributed by atoms with Crippen LogP contribution < -0.4 is 9.62 Å². The summed E-state index contributed by atoms with van der Waals surface area (Å²) in [5.41, 5.74) is 1.11. The predicted octanol–water partition coefficient (Wildman–Crippen LogP) is 4.55. The second-order valence-corrected chi connectivity index (χ2v) is 11.1. The Morgan fingerprint density at radius 3 is 2.00 bits per heavy atom. The molecule has 2 amide bonds. The summed E-state index contributed by atoms with van der Waals surface area (Å²) in [6.45, 7) is -0.976. The molecular weight excluding hydrogens is 548 g/mol. The van der Waals surface area contributed by atoms with Gasteiger partial charge in [-0.3, -0.25) is 13.9 Å². The fourth-order valence-electron chi connectivity index (χ4n) is 4.39. The zero-order valence-electron chi connectivity index (χ0n) is 22.3. The van der Waals surface area contributed by atoms with Gasteiger partial charge < -0.3 is 10.2 Å². The van der Waals surface area contributed by atoms with Gasteiger partial charge in [0.05, 0.1) is 10.6 Å². The lowest BCUT2D eigenvalue weighted by molar-refractivity contribution is -0.139. The molecule has 0 unspecified atom stereocenters. The van der Waals surface area contributed by atoms with E-state index in [1.54, 1.807) is 48.5 Å². The minimum absolute atomic E-state index is 0.108. The molecule has 0 fully saturated rings. The number of hydrogen-bond acceptors (Lipinski definition) is 4. The third-order valence-corrected chi connectivity index (χ3v) is 8.33. The van der Waals surface area contributed by atoms with Gasteiger partial charge in [-0.25, -0.2) is 17.2 Å². The van der Waals surface area contributed by atoms with Crippen LogP contribution in [0.4, 0.5) is 14.5 Å². The first-order chi connectivity index (χ1) is 19.7. The van der Waals surface area contributed by atoms with Crippen molar-refractivity contribution in [3.8, 4) is 0 Å². The van der Waals surface area contributed by atoms with Crippen LogP contribution in [0.25, 0.3) is 0 Å². The van der Waals surface area contributed by atoms with E-state index in [-0.39, 0.29) is 29.1 Å². The highest BCUT2D eigenvalue weighted by molar-refractivity contribution is 7.92.